The van der Waals surface area contributed by atoms with Gasteiger partial charge in [-0.2, -0.15) is 0 Å². The lowest BCUT2D eigenvalue weighted by Gasteiger charge is -2.44. The van der Waals surface area contributed by atoms with Crippen molar-refractivity contribution in [3.63, 3.8) is 0 Å². The zero-order valence-corrected chi connectivity index (χ0v) is 31.9. The normalized spacial score (nSPS) is 23.3. The molecule has 0 saturated carbocycles. The van der Waals surface area contributed by atoms with Crippen LogP contribution in [0.5, 0.6) is 5.75 Å². The molecule has 296 valence electrons. The Morgan fingerprint density at radius 1 is 0.893 bits per heavy atom. The van der Waals surface area contributed by atoms with Gasteiger partial charge in [-0.1, -0.05) is 18.2 Å². The third-order valence-corrected chi connectivity index (χ3v) is 12.2. The van der Waals surface area contributed by atoms with Gasteiger partial charge in [-0.15, -0.1) is 10.2 Å². The Morgan fingerprint density at radius 3 is 2.46 bits per heavy atom. The van der Waals surface area contributed by atoms with Crippen LogP contribution in [0.3, 0.4) is 0 Å². The highest BCUT2D eigenvalue weighted by molar-refractivity contribution is 6.05. The molecule has 1 aromatic heterocycles. The summed E-state index contributed by atoms with van der Waals surface area (Å²) >= 11 is 0. The molecule has 3 aromatic rings. The van der Waals surface area contributed by atoms with Crippen molar-refractivity contribution in [1.82, 2.24) is 30.2 Å². The highest BCUT2D eigenvalue weighted by Crippen LogP contribution is 2.36. The van der Waals surface area contributed by atoms with E-state index < -0.39 is 6.04 Å². The van der Waals surface area contributed by atoms with Crippen molar-refractivity contribution in [3.05, 3.63) is 59.7 Å². The number of hydrogen-bond donors (Lipinski definition) is 3. The van der Waals surface area contributed by atoms with Crippen LogP contribution < -0.4 is 20.4 Å². The molecule has 2 unspecified atom stereocenters. The number of piperazine rings is 1. The summed E-state index contributed by atoms with van der Waals surface area (Å²) in [5.74, 6) is 0.949. The lowest BCUT2D eigenvalue weighted by atomic mass is 9.94. The Morgan fingerprint density at radius 2 is 1.70 bits per heavy atom. The number of fused-ring (bicyclic) bond motifs is 4. The summed E-state index contributed by atoms with van der Waals surface area (Å²) in [6.07, 6.45) is 4.77. The third kappa shape index (κ3) is 8.01. The van der Waals surface area contributed by atoms with E-state index in [1.165, 1.54) is 0 Å². The van der Waals surface area contributed by atoms with Gasteiger partial charge in [-0.25, -0.2) is 0 Å². The van der Waals surface area contributed by atoms with E-state index in [-0.39, 0.29) is 36.0 Å². The monoisotopic (exact) mass is 765 g/mol. The van der Waals surface area contributed by atoms with E-state index in [2.05, 4.69) is 53.5 Å². The topological polar surface area (TPSA) is 164 Å². The first-order valence-corrected chi connectivity index (χ1v) is 19.9. The average Bonchev–Trinajstić information content (AvgIpc) is 3.54. The average molecular weight is 766 g/mol. The van der Waals surface area contributed by atoms with Crippen LogP contribution in [-0.4, -0.2) is 138 Å². The van der Waals surface area contributed by atoms with Crippen LogP contribution in [0.1, 0.15) is 54.4 Å². The number of aromatic hydroxyl groups is 1. The molecule has 7 heterocycles. The zero-order valence-electron chi connectivity index (χ0n) is 31.9. The molecule has 0 aliphatic carbocycles. The van der Waals surface area contributed by atoms with Crippen molar-refractivity contribution in [3.8, 4) is 17.0 Å². The Bertz CT molecular complexity index is 1950. The summed E-state index contributed by atoms with van der Waals surface area (Å²) in [7, 11) is 2.16. The number of piperidine rings is 3. The molecule has 6 aliphatic heterocycles. The van der Waals surface area contributed by atoms with Gasteiger partial charge in [0.05, 0.1) is 17.4 Å². The van der Waals surface area contributed by atoms with Gasteiger partial charge in [0.2, 0.25) is 11.8 Å². The number of rotatable bonds is 7. The van der Waals surface area contributed by atoms with Gasteiger partial charge in [0.25, 0.3) is 12.4 Å². The lowest BCUT2D eigenvalue weighted by molar-refractivity contribution is -0.137. The van der Waals surface area contributed by atoms with Crippen LogP contribution in [0, 0.1) is 5.92 Å². The Hall–Kier alpha value is -5.28. The fraction of sp³-hybridized carbons (Fsp3) is 0.512. The molecule has 15 heteroatoms. The van der Waals surface area contributed by atoms with Crippen LogP contribution in [0.15, 0.2) is 48.5 Å². The highest BCUT2D eigenvalue weighted by atomic mass is 16.5. The summed E-state index contributed by atoms with van der Waals surface area (Å²) in [5.41, 5.74) is 5.17. The molecule has 4 saturated heterocycles. The number of nitrogens with zero attached hydrogens (tertiary/aromatic N) is 7. The summed E-state index contributed by atoms with van der Waals surface area (Å²) in [5, 5.41) is 24.3. The minimum absolute atomic E-state index is 0.0732. The number of phenolic OH excluding ortho intramolecular Hbond substituents is 1. The summed E-state index contributed by atoms with van der Waals surface area (Å²) < 4.78 is 5.10. The number of amides is 3. The third-order valence-electron chi connectivity index (χ3n) is 12.2. The molecule has 3 amide bonds. The van der Waals surface area contributed by atoms with Gasteiger partial charge in [0.1, 0.15) is 17.9 Å². The molecule has 0 spiro atoms. The maximum absolute atomic E-state index is 13.1. The van der Waals surface area contributed by atoms with E-state index in [4.69, 9.17) is 4.74 Å². The van der Waals surface area contributed by atoms with Crippen molar-refractivity contribution in [2.24, 2.45) is 5.92 Å². The molecule has 3 N–H and O–H groups in total. The molecule has 6 aliphatic rings. The molecule has 9 rings (SSSR count). The molecule has 2 atom stereocenters. The molecule has 15 nitrogen and oxygen atoms in total. The van der Waals surface area contributed by atoms with Gasteiger partial charge in [0, 0.05) is 88.7 Å². The first-order chi connectivity index (χ1) is 27.2. The minimum Gasteiger partial charge on any atom is -0.507 e. The standard InChI is InChI=1S/C25H32N4O5.C16H19N5O/c30-16-34-20-7-9-27(10-8-20)14-17-5-11-28(12-6-17)19-2-1-18-15-29(25(33)21(18)13-19)22-3-4-23(31)26-24(22)32;1-20-6-7-21-11(10-20)9-17-16-14(21)8-13(18-19-16)12-4-2-3-5-15(12)22/h1-2,13,16-17,20,22H,3-12,14-15H2,(H,26,31,32);2-5,8,11,22H,6-7,9-10H2,1H3,(H,17,19). The number of phenols is 1. The van der Waals surface area contributed by atoms with Gasteiger partial charge in [-0.3, -0.25) is 24.5 Å². The first kappa shape index (κ1) is 37.6. The first-order valence-electron chi connectivity index (χ1n) is 19.9. The molecule has 56 heavy (non-hydrogen) atoms. The zero-order chi connectivity index (χ0) is 38.8. The van der Waals surface area contributed by atoms with Crippen LogP contribution >= 0.6 is 0 Å². The molecule has 0 radical (unpaired) electrons. The number of carbonyl (C=O) groups excluding carboxylic acids is 4. The smallest absolute Gasteiger partial charge is 0.293 e. The van der Waals surface area contributed by atoms with Gasteiger partial charge < -0.3 is 39.7 Å². The van der Waals surface area contributed by atoms with E-state index in [1.54, 1.807) is 11.0 Å². The second-order valence-corrected chi connectivity index (χ2v) is 15.9. The van der Waals surface area contributed by atoms with E-state index in [0.717, 1.165) is 107 Å². The van der Waals surface area contributed by atoms with Crippen LogP contribution in [0.25, 0.3) is 11.3 Å². The number of ether oxygens (including phenoxy) is 1. The Kier molecular flexibility index (Phi) is 11.1. The van der Waals surface area contributed by atoms with Crippen LogP contribution in [0.4, 0.5) is 17.2 Å². The number of imide groups is 1. The predicted molar refractivity (Wildman–Crippen MR) is 210 cm³/mol. The van der Waals surface area contributed by atoms with Crippen molar-refractivity contribution < 1.29 is 29.0 Å². The van der Waals surface area contributed by atoms with Crippen molar-refractivity contribution >= 4 is 41.4 Å². The maximum Gasteiger partial charge on any atom is 0.293 e. The molecule has 4 fully saturated rings. The van der Waals surface area contributed by atoms with Gasteiger partial charge >= 0.3 is 0 Å². The highest BCUT2D eigenvalue weighted by Gasteiger charge is 2.39. The Balaban J connectivity index is 0.000000172. The number of carbonyl (C=O) groups is 4. The number of benzene rings is 2. The molecular formula is C41H51N9O6. The number of para-hydroxylation sites is 1. The SMILES string of the molecule is CN1CCN2c3cc(-c4ccccc4O)nnc3NCC2C1.O=COC1CCN(CC2CCN(c3ccc4c(c3)C(=O)N(C3CCC(=O)NC3=O)C4)CC2)CC1. The number of likely N-dealkylation sites (tertiary alicyclic amines) is 1. The number of anilines is 3. The maximum atomic E-state index is 13.1. The summed E-state index contributed by atoms with van der Waals surface area (Å²) in [6, 6.07) is 15.2. The fourth-order valence-electron chi connectivity index (χ4n) is 9.05. The molecule has 2 aromatic carbocycles. The van der Waals surface area contributed by atoms with Gasteiger partial charge in [-0.05, 0) is 81.0 Å². The van der Waals surface area contributed by atoms with E-state index >= 15 is 0 Å². The minimum atomic E-state index is -0.577. The summed E-state index contributed by atoms with van der Waals surface area (Å²) in [4.78, 5) is 58.6. The second-order valence-electron chi connectivity index (χ2n) is 15.9. The van der Waals surface area contributed by atoms with Crippen molar-refractivity contribution in [1.29, 1.82) is 0 Å². The largest absolute Gasteiger partial charge is 0.507 e. The van der Waals surface area contributed by atoms with Gasteiger partial charge in [0.15, 0.2) is 5.82 Å². The van der Waals surface area contributed by atoms with E-state index in [1.807, 2.05) is 36.4 Å². The van der Waals surface area contributed by atoms with Crippen molar-refractivity contribution in [2.75, 3.05) is 81.1 Å². The molecule has 0 bridgehead atoms. The quantitative estimate of drug-likeness (QED) is 0.238. The number of hydrogen-bond acceptors (Lipinski definition) is 13. The second kappa shape index (κ2) is 16.4. The fourth-order valence-corrected chi connectivity index (χ4v) is 9.05. The number of aromatic nitrogens is 2. The number of nitrogens with one attached hydrogen (secondary N) is 2. The summed E-state index contributed by atoms with van der Waals surface area (Å²) in [6.45, 7) is 9.91. The predicted octanol–water partition coefficient (Wildman–Crippen LogP) is 2.70. The Labute approximate surface area is 327 Å². The van der Waals surface area contributed by atoms with Crippen LogP contribution in [0.2, 0.25) is 0 Å². The van der Waals surface area contributed by atoms with Crippen LogP contribution in [-0.2, 0) is 25.7 Å². The molecular weight excluding hydrogens is 715 g/mol. The van der Waals surface area contributed by atoms with E-state index in [9.17, 15) is 24.3 Å². The lowest BCUT2D eigenvalue weighted by Crippen LogP contribution is -2.56. The van der Waals surface area contributed by atoms with Crippen molar-refractivity contribution in [2.45, 2.75) is 63.3 Å². The van der Waals surface area contributed by atoms with E-state index in [0.29, 0.717) is 48.2 Å². The number of likely N-dealkylation sites (N-methyl/N-ethyl adjacent to an activating group) is 1.